The lowest BCUT2D eigenvalue weighted by atomic mass is 9.97. The van der Waals surface area contributed by atoms with Gasteiger partial charge in [-0.3, -0.25) is 4.90 Å². The number of piperidine rings is 1. The largest absolute Gasteiger partial charge is 0.338 e. The number of hydrogen-bond donors (Lipinski definition) is 1. The predicted molar refractivity (Wildman–Crippen MR) is 130 cm³/mol. The first-order valence-electron chi connectivity index (χ1n) is 12.4. The number of carbonyl (C=O) groups excluding carboxylic acids is 1. The lowest BCUT2D eigenvalue weighted by Crippen LogP contribution is -2.46. The summed E-state index contributed by atoms with van der Waals surface area (Å²) in [7, 11) is 0. The van der Waals surface area contributed by atoms with Crippen molar-refractivity contribution in [3.8, 4) is 0 Å². The number of nitrogens with one attached hydrogen (secondary N) is 1. The minimum atomic E-state index is 0.121. The van der Waals surface area contributed by atoms with Crippen LogP contribution in [-0.2, 0) is 19.4 Å². The van der Waals surface area contributed by atoms with Crippen LogP contribution < -0.4 is 5.32 Å². The van der Waals surface area contributed by atoms with Gasteiger partial charge in [0.15, 0.2) is 0 Å². The van der Waals surface area contributed by atoms with Crippen molar-refractivity contribution in [3.05, 3.63) is 51.5 Å². The molecule has 32 heavy (non-hydrogen) atoms. The molecule has 3 aliphatic rings. The van der Waals surface area contributed by atoms with Crippen molar-refractivity contribution < 1.29 is 4.79 Å². The van der Waals surface area contributed by atoms with Gasteiger partial charge in [-0.1, -0.05) is 37.3 Å². The first kappa shape index (κ1) is 21.9. The summed E-state index contributed by atoms with van der Waals surface area (Å²) < 4.78 is 0. The summed E-state index contributed by atoms with van der Waals surface area (Å²) in [5, 5.41) is 4.58. The van der Waals surface area contributed by atoms with Gasteiger partial charge < -0.3 is 10.2 Å². The molecule has 2 fully saturated rings. The molecule has 0 spiro atoms. The van der Waals surface area contributed by atoms with Gasteiger partial charge in [-0.25, -0.2) is 9.78 Å². The molecule has 1 aliphatic carbocycles. The molecule has 2 aliphatic heterocycles. The highest BCUT2D eigenvalue weighted by Gasteiger charge is 2.31. The maximum Gasteiger partial charge on any atom is 0.317 e. The average Bonchev–Trinajstić information content (AvgIpc) is 3.41. The minimum absolute atomic E-state index is 0.121. The van der Waals surface area contributed by atoms with Gasteiger partial charge in [0, 0.05) is 50.1 Å². The number of fused-ring (bicyclic) bond motifs is 1. The molecule has 2 saturated heterocycles. The zero-order valence-corrected chi connectivity index (χ0v) is 20.1. The van der Waals surface area contributed by atoms with Gasteiger partial charge >= 0.3 is 6.03 Å². The molecule has 0 radical (unpaired) electrons. The molecule has 2 amide bonds. The first-order valence-corrected chi connectivity index (χ1v) is 13.2. The monoisotopic (exact) mass is 452 g/mol. The van der Waals surface area contributed by atoms with Crippen molar-refractivity contribution in [2.45, 2.75) is 57.9 Å². The van der Waals surface area contributed by atoms with Crippen LogP contribution in [0.15, 0.2) is 30.3 Å². The number of nitrogens with zero attached hydrogens (tertiary/aromatic N) is 3. The average molecular weight is 453 g/mol. The van der Waals surface area contributed by atoms with Crippen LogP contribution in [0.3, 0.4) is 0 Å². The Morgan fingerprint density at radius 1 is 1.12 bits per heavy atom. The van der Waals surface area contributed by atoms with Gasteiger partial charge in [0.25, 0.3) is 0 Å². The highest BCUT2D eigenvalue weighted by molar-refractivity contribution is 7.11. The second kappa shape index (κ2) is 9.92. The third kappa shape index (κ3) is 5.01. The molecular weight excluding hydrogens is 416 g/mol. The molecule has 1 aromatic carbocycles. The SMILES string of the molecule is CC1CN(Cc2ccccc2)CC1CNC(=O)N1CCC(c2nc3c(s2)CCCC3)CC1. The Bertz CT molecular complexity index is 882. The molecule has 2 aromatic rings. The van der Waals surface area contributed by atoms with E-state index in [1.165, 1.54) is 40.4 Å². The summed E-state index contributed by atoms with van der Waals surface area (Å²) in [6.07, 6.45) is 7.08. The normalized spacial score (nSPS) is 24.5. The van der Waals surface area contributed by atoms with Crippen molar-refractivity contribution >= 4 is 17.4 Å². The number of aromatic nitrogens is 1. The van der Waals surface area contributed by atoms with Crippen molar-refractivity contribution in [1.29, 1.82) is 0 Å². The highest BCUT2D eigenvalue weighted by Crippen LogP contribution is 2.35. The van der Waals surface area contributed by atoms with Gasteiger partial charge in [0.2, 0.25) is 0 Å². The zero-order valence-electron chi connectivity index (χ0n) is 19.3. The van der Waals surface area contributed by atoms with Gasteiger partial charge in [-0.05, 0) is 55.9 Å². The number of amides is 2. The van der Waals surface area contributed by atoms with Crippen LogP contribution in [0.5, 0.6) is 0 Å². The van der Waals surface area contributed by atoms with Crippen molar-refractivity contribution in [2.24, 2.45) is 11.8 Å². The maximum atomic E-state index is 12.8. The van der Waals surface area contributed by atoms with Gasteiger partial charge in [0.1, 0.15) is 0 Å². The Labute approximate surface area is 196 Å². The summed E-state index contributed by atoms with van der Waals surface area (Å²) >= 11 is 1.94. The van der Waals surface area contributed by atoms with Crippen LogP contribution in [0, 0.1) is 11.8 Å². The standard InChI is InChI=1S/C26H36N4OS/c1-19-16-29(17-20-7-3-2-4-8-20)18-22(19)15-27-26(31)30-13-11-21(12-14-30)25-28-23-9-5-6-10-24(23)32-25/h2-4,7-8,19,21-22H,5-6,9-18H2,1H3,(H,27,31). The van der Waals surface area contributed by atoms with E-state index in [-0.39, 0.29) is 6.03 Å². The maximum absolute atomic E-state index is 12.8. The Hall–Kier alpha value is -1.92. The molecule has 5 nitrogen and oxygen atoms in total. The zero-order chi connectivity index (χ0) is 21.9. The molecule has 5 rings (SSSR count). The fourth-order valence-electron chi connectivity index (χ4n) is 5.59. The molecule has 1 N–H and O–H groups in total. The molecule has 2 atom stereocenters. The fraction of sp³-hybridized carbons (Fsp3) is 0.615. The van der Waals surface area contributed by atoms with E-state index in [0.29, 0.717) is 17.8 Å². The number of carbonyl (C=O) groups is 1. The lowest BCUT2D eigenvalue weighted by molar-refractivity contribution is 0.179. The van der Waals surface area contributed by atoms with Crippen molar-refractivity contribution in [3.63, 3.8) is 0 Å². The predicted octanol–water partition coefficient (Wildman–Crippen LogP) is 4.68. The Morgan fingerprint density at radius 2 is 1.91 bits per heavy atom. The quantitative estimate of drug-likeness (QED) is 0.717. The summed E-state index contributed by atoms with van der Waals surface area (Å²) in [6.45, 7) is 7.97. The van der Waals surface area contributed by atoms with E-state index < -0.39 is 0 Å². The van der Waals surface area contributed by atoms with Crippen LogP contribution in [0.1, 0.15) is 59.7 Å². The topological polar surface area (TPSA) is 48.5 Å². The third-order valence-electron chi connectivity index (χ3n) is 7.60. The number of urea groups is 1. The molecule has 172 valence electrons. The number of hydrogen-bond acceptors (Lipinski definition) is 4. The van der Waals surface area contributed by atoms with E-state index in [1.807, 2.05) is 16.2 Å². The van der Waals surface area contributed by atoms with Gasteiger partial charge in [0.05, 0.1) is 10.7 Å². The Kier molecular flexibility index (Phi) is 6.79. The molecular formula is C26H36N4OS. The van der Waals surface area contributed by atoms with Gasteiger partial charge in [-0.15, -0.1) is 11.3 Å². The molecule has 0 saturated carbocycles. The number of likely N-dealkylation sites (tertiary alicyclic amines) is 2. The van der Waals surface area contributed by atoms with E-state index >= 15 is 0 Å². The molecule has 3 heterocycles. The van der Waals surface area contributed by atoms with Crippen LogP contribution in [-0.4, -0.2) is 53.5 Å². The minimum Gasteiger partial charge on any atom is -0.338 e. The Morgan fingerprint density at radius 3 is 2.69 bits per heavy atom. The van der Waals surface area contributed by atoms with Crippen LogP contribution in [0.2, 0.25) is 0 Å². The molecule has 2 unspecified atom stereocenters. The van der Waals surface area contributed by atoms with Crippen LogP contribution in [0.25, 0.3) is 0 Å². The third-order valence-corrected chi connectivity index (χ3v) is 8.92. The van der Waals surface area contributed by atoms with E-state index in [0.717, 1.165) is 58.5 Å². The number of benzene rings is 1. The number of thiazole rings is 1. The van der Waals surface area contributed by atoms with Crippen molar-refractivity contribution in [1.82, 2.24) is 20.1 Å². The smallest absolute Gasteiger partial charge is 0.317 e. The van der Waals surface area contributed by atoms with E-state index in [9.17, 15) is 4.79 Å². The fourth-order valence-corrected chi connectivity index (χ4v) is 6.91. The lowest BCUT2D eigenvalue weighted by Gasteiger charge is -2.31. The van der Waals surface area contributed by atoms with E-state index in [4.69, 9.17) is 4.98 Å². The van der Waals surface area contributed by atoms with Crippen LogP contribution >= 0.6 is 11.3 Å². The summed E-state index contributed by atoms with van der Waals surface area (Å²) in [4.78, 5) is 23.9. The summed E-state index contributed by atoms with van der Waals surface area (Å²) in [5.41, 5.74) is 2.73. The Balaban J connectivity index is 1.07. The molecule has 6 heteroatoms. The van der Waals surface area contributed by atoms with Crippen LogP contribution in [0.4, 0.5) is 4.79 Å². The second-order valence-electron chi connectivity index (χ2n) is 9.99. The van der Waals surface area contributed by atoms with Gasteiger partial charge in [-0.2, -0.15) is 0 Å². The second-order valence-corrected chi connectivity index (χ2v) is 11.1. The summed E-state index contributed by atoms with van der Waals surface area (Å²) in [6, 6.07) is 10.8. The molecule has 0 bridgehead atoms. The highest BCUT2D eigenvalue weighted by atomic mass is 32.1. The van der Waals surface area contributed by atoms with Crippen molar-refractivity contribution in [2.75, 3.05) is 32.7 Å². The number of aryl methyl sites for hydroxylation is 2. The first-order chi connectivity index (χ1) is 15.7. The number of rotatable bonds is 5. The van der Waals surface area contributed by atoms with E-state index in [2.05, 4.69) is 47.5 Å². The molecule has 1 aromatic heterocycles. The van der Waals surface area contributed by atoms with E-state index in [1.54, 1.807) is 0 Å². The summed E-state index contributed by atoms with van der Waals surface area (Å²) in [5.74, 6) is 1.68.